The second-order valence-electron chi connectivity index (χ2n) is 5.90. The Labute approximate surface area is 163 Å². The van der Waals surface area contributed by atoms with E-state index in [9.17, 15) is 9.59 Å². The number of thioether (sulfide) groups is 1. The van der Waals surface area contributed by atoms with Gasteiger partial charge in [0.15, 0.2) is 0 Å². The number of nitrogens with one attached hydrogen (secondary N) is 2. The molecule has 0 radical (unpaired) electrons. The SMILES string of the molecule is NC(=O)c1ccc(NC(=O)CSc2nnc(-c3c[nH]c4ccccc34)o2)cc1. The first-order valence-corrected chi connectivity index (χ1v) is 9.31. The smallest absolute Gasteiger partial charge is 0.277 e. The first-order valence-electron chi connectivity index (χ1n) is 8.32. The molecule has 2 aromatic carbocycles. The van der Waals surface area contributed by atoms with Gasteiger partial charge in [-0.05, 0) is 30.3 Å². The number of carbonyl (C=O) groups excluding carboxylic acids is 2. The molecule has 4 N–H and O–H groups in total. The largest absolute Gasteiger partial charge is 0.411 e. The lowest BCUT2D eigenvalue weighted by Gasteiger charge is -2.04. The Morgan fingerprint density at radius 1 is 1.11 bits per heavy atom. The van der Waals surface area contributed by atoms with Crippen LogP contribution in [0.4, 0.5) is 5.69 Å². The highest BCUT2D eigenvalue weighted by Crippen LogP contribution is 2.29. The second kappa shape index (κ2) is 7.57. The molecule has 4 aromatic rings. The lowest BCUT2D eigenvalue weighted by atomic mass is 10.2. The second-order valence-corrected chi connectivity index (χ2v) is 6.83. The van der Waals surface area contributed by atoms with Gasteiger partial charge in [-0.1, -0.05) is 30.0 Å². The third-order valence-electron chi connectivity index (χ3n) is 4.01. The number of benzene rings is 2. The normalized spacial score (nSPS) is 10.9. The van der Waals surface area contributed by atoms with Gasteiger partial charge in [-0.3, -0.25) is 9.59 Å². The number of para-hydroxylation sites is 1. The van der Waals surface area contributed by atoms with Crippen molar-refractivity contribution in [2.45, 2.75) is 5.22 Å². The minimum atomic E-state index is -0.518. The molecule has 9 heteroatoms. The van der Waals surface area contributed by atoms with Crippen molar-refractivity contribution in [3.63, 3.8) is 0 Å². The van der Waals surface area contributed by atoms with Crippen molar-refractivity contribution in [1.82, 2.24) is 15.2 Å². The van der Waals surface area contributed by atoms with E-state index in [0.717, 1.165) is 28.2 Å². The molecular formula is C19H15N5O3S. The number of aromatic amines is 1. The Morgan fingerprint density at radius 3 is 2.68 bits per heavy atom. The number of fused-ring (bicyclic) bond motifs is 1. The number of nitrogens with zero attached hydrogens (tertiary/aromatic N) is 2. The van der Waals surface area contributed by atoms with Crippen LogP contribution in [-0.2, 0) is 4.79 Å². The van der Waals surface area contributed by atoms with Crippen molar-refractivity contribution in [3.05, 3.63) is 60.3 Å². The Kier molecular flexibility index (Phi) is 4.81. The Hall–Kier alpha value is -3.59. The van der Waals surface area contributed by atoms with E-state index in [1.165, 1.54) is 0 Å². The van der Waals surface area contributed by atoms with Gasteiger partial charge in [0.05, 0.1) is 11.3 Å². The van der Waals surface area contributed by atoms with Crippen LogP contribution in [0.25, 0.3) is 22.4 Å². The molecule has 2 heterocycles. The molecule has 0 saturated carbocycles. The monoisotopic (exact) mass is 393 g/mol. The third-order valence-corrected chi connectivity index (χ3v) is 4.82. The van der Waals surface area contributed by atoms with Crippen molar-refractivity contribution in [1.29, 1.82) is 0 Å². The number of anilines is 1. The maximum atomic E-state index is 12.1. The molecule has 0 atom stereocenters. The summed E-state index contributed by atoms with van der Waals surface area (Å²) in [6.07, 6.45) is 1.81. The first kappa shape index (κ1) is 17.8. The van der Waals surface area contributed by atoms with Gasteiger partial charge >= 0.3 is 0 Å². The van der Waals surface area contributed by atoms with E-state index >= 15 is 0 Å². The van der Waals surface area contributed by atoms with E-state index in [-0.39, 0.29) is 11.7 Å². The van der Waals surface area contributed by atoms with Gasteiger partial charge in [0.25, 0.3) is 11.1 Å². The summed E-state index contributed by atoms with van der Waals surface area (Å²) in [7, 11) is 0. The first-order chi connectivity index (χ1) is 13.6. The predicted molar refractivity (Wildman–Crippen MR) is 106 cm³/mol. The fourth-order valence-corrected chi connectivity index (χ4v) is 3.23. The summed E-state index contributed by atoms with van der Waals surface area (Å²) in [5, 5.41) is 12.1. The molecule has 28 heavy (non-hydrogen) atoms. The summed E-state index contributed by atoms with van der Waals surface area (Å²) < 4.78 is 5.67. The van der Waals surface area contributed by atoms with Crippen LogP contribution >= 0.6 is 11.8 Å². The number of rotatable bonds is 6. The minimum Gasteiger partial charge on any atom is -0.411 e. The van der Waals surface area contributed by atoms with E-state index in [4.69, 9.17) is 10.2 Å². The number of nitrogens with two attached hydrogens (primary N) is 1. The van der Waals surface area contributed by atoms with Crippen LogP contribution in [0.1, 0.15) is 10.4 Å². The van der Waals surface area contributed by atoms with Gasteiger partial charge in [0, 0.05) is 28.4 Å². The zero-order valence-corrected chi connectivity index (χ0v) is 15.3. The Bertz CT molecular complexity index is 1150. The predicted octanol–water partition coefficient (Wildman–Crippen LogP) is 3.05. The number of carbonyl (C=O) groups is 2. The zero-order chi connectivity index (χ0) is 19.5. The van der Waals surface area contributed by atoms with Crippen molar-refractivity contribution in [2.75, 3.05) is 11.1 Å². The van der Waals surface area contributed by atoms with Crippen LogP contribution in [-0.4, -0.2) is 32.7 Å². The zero-order valence-electron chi connectivity index (χ0n) is 14.5. The van der Waals surface area contributed by atoms with Crippen molar-refractivity contribution < 1.29 is 14.0 Å². The van der Waals surface area contributed by atoms with E-state index in [1.54, 1.807) is 24.3 Å². The maximum absolute atomic E-state index is 12.1. The van der Waals surface area contributed by atoms with E-state index in [1.807, 2.05) is 30.5 Å². The molecule has 0 bridgehead atoms. The lowest BCUT2D eigenvalue weighted by Crippen LogP contribution is -2.15. The summed E-state index contributed by atoms with van der Waals surface area (Å²) >= 11 is 1.14. The van der Waals surface area contributed by atoms with Crippen LogP contribution in [0.3, 0.4) is 0 Å². The van der Waals surface area contributed by atoms with Crippen LogP contribution < -0.4 is 11.1 Å². The third kappa shape index (κ3) is 3.74. The molecule has 140 valence electrons. The average Bonchev–Trinajstić information content (AvgIpc) is 3.33. The van der Waals surface area contributed by atoms with Crippen molar-refractivity contribution in [3.8, 4) is 11.5 Å². The standard InChI is InChI=1S/C19H15N5O3S/c20-17(26)11-5-7-12(8-6-11)22-16(25)10-28-19-24-23-18(27-19)14-9-21-15-4-2-1-3-13(14)15/h1-9,21H,10H2,(H2,20,26)(H,22,25). The summed E-state index contributed by atoms with van der Waals surface area (Å²) in [6.45, 7) is 0. The molecule has 0 aliphatic carbocycles. The Morgan fingerprint density at radius 2 is 1.89 bits per heavy atom. The van der Waals surface area contributed by atoms with Crippen molar-refractivity contribution >= 4 is 40.2 Å². The summed E-state index contributed by atoms with van der Waals surface area (Å²) in [5.41, 5.74) is 7.93. The molecular weight excluding hydrogens is 378 g/mol. The maximum Gasteiger partial charge on any atom is 0.277 e. The van der Waals surface area contributed by atoms with Gasteiger partial charge in [-0.15, -0.1) is 10.2 Å². The fraction of sp³-hybridized carbons (Fsp3) is 0.0526. The number of primary amides is 1. The van der Waals surface area contributed by atoms with Gasteiger partial charge in [-0.25, -0.2) is 0 Å². The van der Waals surface area contributed by atoms with E-state index in [2.05, 4.69) is 20.5 Å². The van der Waals surface area contributed by atoms with E-state index < -0.39 is 5.91 Å². The molecule has 0 aliphatic heterocycles. The molecule has 0 fully saturated rings. The molecule has 2 amide bonds. The molecule has 0 spiro atoms. The van der Waals surface area contributed by atoms with Gasteiger partial charge < -0.3 is 20.5 Å². The molecule has 0 saturated heterocycles. The highest BCUT2D eigenvalue weighted by molar-refractivity contribution is 7.99. The molecule has 4 rings (SSSR count). The van der Waals surface area contributed by atoms with Crippen LogP contribution in [0, 0.1) is 0 Å². The number of hydrogen-bond donors (Lipinski definition) is 3. The van der Waals surface area contributed by atoms with Gasteiger partial charge in [-0.2, -0.15) is 0 Å². The quantitative estimate of drug-likeness (QED) is 0.432. The highest BCUT2D eigenvalue weighted by atomic mass is 32.2. The number of hydrogen-bond acceptors (Lipinski definition) is 6. The van der Waals surface area contributed by atoms with Crippen molar-refractivity contribution in [2.24, 2.45) is 5.73 Å². The van der Waals surface area contributed by atoms with E-state index in [0.29, 0.717) is 22.4 Å². The number of aromatic nitrogens is 3. The molecule has 0 unspecified atom stereocenters. The van der Waals surface area contributed by atoms with Crippen LogP contribution in [0.2, 0.25) is 0 Å². The average molecular weight is 393 g/mol. The molecule has 0 aliphatic rings. The van der Waals surface area contributed by atoms with Crippen LogP contribution in [0.5, 0.6) is 0 Å². The summed E-state index contributed by atoms with van der Waals surface area (Å²) in [5.74, 6) is -0.255. The Balaban J connectivity index is 1.38. The minimum absolute atomic E-state index is 0.104. The molecule has 8 nitrogen and oxygen atoms in total. The van der Waals surface area contributed by atoms with Gasteiger partial charge in [0.2, 0.25) is 11.8 Å². The number of amides is 2. The highest BCUT2D eigenvalue weighted by Gasteiger charge is 2.14. The number of H-pyrrole nitrogens is 1. The molecule has 2 aromatic heterocycles. The summed E-state index contributed by atoms with van der Waals surface area (Å²) in [6, 6.07) is 14.1. The topological polar surface area (TPSA) is 127 Å². The lowest BCUT2D eigenvalue weighted by molar-refractivity contribution is -0.113. The summed E-state index contributed by atoms with van der Waals surface area (Å²) in [4.78, 5) is 26.3. The fourth-order valence-electron chi connectivity index (χ4n) is 2.67. The van der Waals surface area contributed by atoms with Crippen LogP contribution in [0.15, 0.2) is 64.4 Å². The van der Waals surface area contributed by atoms with Gasteiger partial charge in [0.1, 0.15) is 0 Å².